The van der Waals surface area contributed by atoms with Crippen LogP contribution < -0.4 is 0 Å². The number of nitrogens with zero attached hydrogens (tertiary/aromatic N) is 1. The molecule has 0 spiro atoms. The fourth-order valence-corrected chi connectivity index (χ4v) is 2.32. The summed E-state index contributed by atoms with van der Waals surface area (Å²) >= 11 is 3.42. The van der Waals surface area contributed by atoms with E-state index in [-0.39, 0.29) is 6.42 Å². The molecule has 1 aromatic heterocycles. The zero-order valence-corrected chi connectivity index (χ0v) is 10.6. The lowest BCUT2D eigenvalue weighted by atomic mass is 10.2. The van der Waals surface area contributed by atoms with Crippen molar-refractivity contribution in [3.63, 3.8) is 0 Å². The third kappa shape index (κ3) is 3.03. The lowest BCUT2D eigenvalue weighted by molar-refractivity contribution is -0.135. The van der Waals surface area contributed by atoms with E-state index in [9.17, 15) is 13.2 Å². The molecule has 5 heteroatoms. The van der Waals surface area contributed by atoms with Crippen molar-refractivity contribution in [2.75, 3.05) is 0 Å². The lowest BCUT2D eigenvalue weighted by Crippen LogP contribution is -2.08. The molecule has 0 aliphatic rings. The van der Waals surface area contributed by atoms with Gasteiger partial charge in [0.05, 0.1) is 0 Å². The molecule has 2 rings (SSSR count). The molecule has 92 valence electrons. The van der Waals surface area contributed by atoms with Crippen LogP contribution in [0.2, 0.25) is 0 Å². The highest BCUT2D eigenvalue weighted by atomic mass is 79.9. The maximum absolute atomic E-state index is 12.0. The Kier molecular flexibility index (Phi) is 3.47. The summed E-state index contributed by atoms with van der Waals surface area (Å²) in [4.78, 5) is 0. The van der Waals surface area contributed by atoms with Gasteiger partial charge in [-0.3, -0.25) is 0 Å². The largest absolute Gasteiger partial charge is 0.389 e. The van der Waals surface area contributed by atoms with Crippen LogP contribution in [0.1, 0.15) is 12.8 Å². The van der Waals surface area contributed by atoms with Gasteiger partial charge in [-0.05, 0) is 24.6 Å². The van der Waals surface area contributed by atoms with Crippen LogP contribution in [0.4, 0.5) is 13.2 Å². The number of fused-ring (bicyclic) bond motifs is 1. The van der Waals surface area contributed by atoms with Gasteiger partial charge in [-0.2, -0.15) is 13.2 Å². The van der Waals surface area contributed by atoms with Gasteiger partial charge in [0.2, 0.25) is 0 Å². The van der Waals surface area contributed by atoms with E-state index in [1.54, 1.807) is 0 Å². The van der Waals surface area contributed by atoms with Crippen LogP contribution in [-0.4, -0.2) is 10.7 Å². The first kappa shape index (κ1) is 12.5. The first-order valence-corrected chi connectivity index (χ1v) is 6.07. The van der Waals surface area contributed by atoms with Gasteiger partial charge < -0.3 is 4.57 Å². The van der Waals surface area contributed by atoms with Crippen LogP contribution in [0.15, 0.2) is 34.9 Å². The van der Waals surface area contributed by atoms with Crippen molar-refractivity contribution >= 4 is 26.8 Å². The summed E-state index contributed by atoms with van der Waals surface area (Å²) in [5, 5.41) is 1.03. The van der Waals surface area contributed by atoms with Crippen LogP contribution in [0.25, 0.3) is 10.9 Å². The van der Waals surface area contributed by atoms with Crippen LogP contribution in [0.3, 0.4) is 0 Å². The number of rotatable bonds is 3. The molecular formula is C12H11BrF3N. The standard InChI is InChI=1S/C12H11BrF3N/c13-10-3-1-4-11-9(10)5-8-17(11)7-2-6-12(14,15)16/h1,3-5,8H,2,6-7H2. The molecule has 0 saturated carbocycles. The van der Waals surface area contributed by atoms with Crippen molar-refractivity contribution < 1.29 is 13.2 Å². The van der Waals surface area contributed by atoms with E-state index in [1.807, 2.05) is 35.0 Å². The van der Waals surface area contributed by atoms with Crippen molar-refractivity contribution in [3.05, 3.63) is 34.9 Å². The molecule has 0 radical (unpaired) electrons. The third-order valence-electron chi connectivity index (χ3n) is 2.62. The normalized spacial score (nSPS) is 12.2. The van der Waals surface area contributed by atoms with Crippen molar-refractivity contribution in [1.82, 2.24) is 4.57 Å². The topological polar surface area (TPSA) is 4.93 Å². The second kappa shape index (κ2) is 4.72. The van der Waals surface area contributed by atoms with E-state index >= 15 is 0 Å². The van der Waals surface area contributed by atoms with Gasteiger partial charge in [0, 0.05) is 34.5 Å². The average Bonchev–Trinajstić information content (AvgIpc) is 2.61. The number of aryl methyl sites for hydroxylation is 1. The van der Waals surface area contributed by atoms with Crippen LogP contribution in [-0.2, 0) is 6.54 Å². The Hall–Kier alpha value is -0.970. The van der Waals surface area contributed by atoms with Gasteiger partial charge in [0.15, 0.2) is 0 Å². The van der Waals surface area contributed by atoms with E-state index in [0.717, 1.165) is 15.4 Å². The molecule has 2 aromatic rings. The lowest BCUT2D eigenvalue weighted by Gasteiger charge is -2.08. The number of halogens is 4. The fourth-order valence-electron chi connectivity index (χ4n) is 1.83. The predicted molar refractivity (Wildman–Crippen MR) is 64.9 cm³/mol. The Balaban J connectivity index is 2.12. The molecule has 0 saturated heterocycles. The van der Waals surface area contributed by atoms with Gasteiger partial charge in [-0.1, -0.05) is 22.0 Å². The summed E-state index contributed by atoms with van der Waals surface area (Å²) in [6.07, 6.45) is -2.87. The quantitative estimate of drug-likeness (QED) is 0.771. The van der Waals surface area contributed by atoms with Crippen LogP contribution >= 0.6 is 15.9 Å². The van der Waals surface area contributed by atoms with Crippen LogP contribution in [0, 0.1) is 0 Å². The zero-order chi connectivity index (χ0) is 12.5. The van der Waals surface area contributed by atoms with Crippen molar-refractivity contribution in [2.45, 2.75) is 25.6 Å². The summed E-state index contributed by atoms with van der Waals surface area (Å²) in [5.41, 5.74) is 0.960. The highest BCUT2D eigenvalue weighted by Crippen LogP contribution is 2.26. The fraction of sp³-hybridized carbons (Fsp3) is 0.333. The molecule has 1 heterocycles. The first-order chi connectivity index (χ1) is 7.97. The minimum atomic E-state index is -4.07. The summed E-state index contributed by atoms with van der Waals surface area (Å²) in [7, 11) is 0. The van der Waals surface area contributed by atoms with Gasteiger partial charge in [-0.15, -0.1) is 0 Å². The molecular weight excluding hydrogens is 295 g/mol. The Morgan fingerprint density at radius 2 is 1.94 bits per heavy atom. The highest BCUT2D eigenvalue weighted by Gasteiger charge is 2.26. The van der Waals surface area contributed by atoms with Crippen molar-refractivity contribution in [1.29, 1.82) is 0 Å². The minimum Gasteiger partial charge on any atom is -0.347 e. The van der Waals surface area contributed by atoms with Gasteiger partial charge in [0.25, 0.3) is 0 Å². The van der Waals surface area contributed by atoms with Crippen molar-refractivity contribution in [2.24, 2.45) is 0 Å². The number of aromatic nitrogens is 1. The average molecular weight is 306 g/mol. The Morgan fingerprint density at radius 1 is 1.18 bits per heavy atom. The molecule has 1 aromatic carbocycles. The Labute approximate surface area is 105 Å². The molecule has 17 heavy (non-hydrogen) atoms. The predicted octanol–water partition coefficient (Wildman–Crippen LogP) is 4.75. The second-order valence-corrected chi connectivity index (χ2v) is 4.75. The summed E-state index contributed by atoms with van der Waals surface area (Å²) < 4.78 is 39.0. The summed E-state index contributed by atoms with van der Waals surface area (Å²) in [6.45, 7) is 0.388. The van der Waals surface area contributed by atoms with E-state index in [1.165, 1.54) is 0 Å². The summed E-state index contributed by atoms with van der Waals surface area (Å²) in [5.74, 6) is 0. The molecule has 0 fully saturated rings. The van der Waals surface area contributed by atoms with Gasteiger partial charge >= 0.3 is 6.18 Å². The Bertz CT molecular complexity index is 516. The molecule has 0 aliphatic heterocycles. The van der Waals surface area contributed by atoms with E-state index in [0.29, 0.717) is 6.54 Å². The van der Waals surface area contributed by atoms with Crippen molar-refractivity contribution in [3.8, 4) is 0 Å². The molecule has 0 unspecified atom stereocenters. The molecule has 0 aliphatic carbocycles. The number of alkyl halides is 3. The molecule has 0 bridgehead atoms. The van der Waals surface area contributed by atoms with E-state index < -0.39 is 12.6 Å². The van der Waals surface area contributed by atoms with E-state index in [4.69, 9.17) is 0 Å². The minimum absolute atomic E-state index is 0.111. The first-order valence-electron chi connectivity index (χ1n) is 5.27. The second-order valence-electron chi connectivity index (χ2n) is 3.90. The molecule has 0 N–H and O–H groups in total. The highest BCUT2D eigenvalue weighted by molar-refractivity contribution is 9.10. The molecule has 1 nitrogen and oxygen atoms in total. The maximum atomic E-state index is 12.0. The number of hydrogen-bond acceptors (Lipinski definition) is 0. The Morgan fingerprint density at radius 3 is 2.65 bits per heavy atom. The smallest absolute Gasteiger partial charge is 0.347 e. The van der Waals surface area contributed by atoms with Gasteiger partial charge in [0.1, 0.15) is 0 Å². The summed E-state index contributed by atoms with van der Waals surface area (Å²) in [6, 6.07) is 7.62. The number of benzene rings is 1. The monoisotopic (exact) mass is 305 g/mol. The third-order valence-corrected chi connectivity index (χ3v) is 3.31. The zero-order valence-electron chi connectivity index (χ0n) is 8.97. The number of hydrogen-bond donors (Lipinski definition) is 0. The SMILES string of the molecule is FC(F)(F)CCCn1ccc2c(Br)cccc21. The van der Waals surface area contributed by atoms with Gasteiger partial charge in [-0.25, -0.2) is 0 Å². The molecule has 0 atom stereocenters. The maximum Gasteiger partial charge on any atom is 0.389 e. The van der Waals surface area contributed by atoms with E-state index in [2.05, 4.69) is 15.9 Å². The molecule has 0 amide bonds. The van der Waals surface area contributed by atoms with Crippen LogP contribution in [0.5, 0.6) is 0 Å².